The molecule has 17 heavy (non-hydrogen) atoms. The molecule has 0 fully saturated rings. The molecule has 2 rings (SSSR count). The molecule has 0 atom stereocenters. The minimum atomic E-state index is -0.201. The number of carbonyl (C=O) groups is 1. The molecule has 2 amide bonds. The minimum Gasteiger partial charge on any atom is -0.331 e. The number of fused-ring (bicyclic) bond motifs is 1. The Morgan fingerprint density at radius 2 is 2.35 bits per heavy atom. The fourth-order valence-corrected chi connectivity index (χ4v) is 2.91. The van der Waals surface area contributed by atoms with E-state index in [1.54, 1.807) is 14.1 Å². The van der Waals surface area contributed by atoms with Gasteiger partial charge in [0.2, 0.25) is 0 Å². The van der Waals surface area contributed by atoms with Crippen LogP contribution in [-0.2, 0) is 13.0 Å². The first-order chi connectivity index (χ1) is 8.13. The van der Waals surface area contributed by atoms with Crippen LogP contribution in [0.3, 0.4) is 0 Å². The lowest BCUT2D eigenvalue weighted by atomic mass is 10.1. The SMILES string of the molecule is CN(C)C(=O)Nc1sc2c(c1C#N)CCNC2. The zero-order valence-corrected chi connectivity index (χ0v) is 10.6. The Bertz CT molecular complexity index is 486. The van der Waals surface area contributed by atoms with E-state index in [2.05, 4.69) is 16.7 Å². The van der Waals surface area contributed by atoms with E-state index in [1.807, 2.05) is 0 Å². The van der Waals surface area contributed by atoms with Gasteiger partial charge in [-0.05, 0) is 18.5 Å². The van der Waals surface area contributed by atoms with Crippen LogP contribution in [-0.4, -0.2) is 31.6 Å². The maximum Gasteiger partial charge on any atom is 0.321 e. The third kappa shape index (κ3) is 2.25. The van der Waals surface area contributed by atoms with E-state index in [0.717, 1.165) is 30.0 Å². The van der Waals surface area contributed by atoms with Gasteiger partial charge in [-0.3, -0.25) is 5.32 Å². The van der Waals surface area contributed by atoms with Gasteiger partial charge in [-0.2, -0.15) is 5.26 Å². The van der Waals surface area contributed by atoms with Gasteiger partial charge in [-0.15, -0.1) is 11.3 Å². The Balaban J connectivity index is 2.32. The highest BCUT2D eigenvalue weighted by atomic mass is 32.1. The first-order valence-corrected chi connectivity index (χ1v) is 6.18. The molecule has 0 aromatic carbocycles. The maximum absolute atomic E-state index is 11.6. The molecule has 1 aromatic rings. The summed E-state index contributed by atoms with van der Waals surface area (Å²) in [7, 11) is 3.35. The number of nitrogens with zero attached hydrogens (tertiary/aromatic N) is 2. The Morgan fingerprint density at radius 1 is 1.59 bits per heavy atom. The summed E-state index contributed by atoms with van der Waals surface area (Å²) in [6.45, 7) is 1.67. The predicted molar refractivity (Wildman–Crippen MR) is 67.2 cm³/mol. The average Bonchev–Trinajstić information content (AvgIpc) is 2.65. The number of nitriles is 1. The lowest BCUT2D eigenvalue weighted by Crippen LogP contribution is -2.27. The highest BCUT2D eigenvalue weighted by molar-refractivity contribution is 7.16. The standard InChI is InChI=1S/C11H14N4OS/c1-15(2)11(16)14-10-8(5-12)7-3-4-13-6-9(7)17-10/h13H,3-4,6H2,1-2H3,(H,14,16). The summed E-state index contributed by atoms with van der Waals surface area (Å²) < 4.78 is 0. The van der Waals surface area contributed by atoms with Crippen LogP contribution in [0.4, 0.5) is 9.80 Å². The molecule has 0 saturated carbocycles. The van der Waals surface area contributed by atoms with Crippen LogP contribution in [0.25, 0.3) is 0 Å². The third-order valence-electron chi connectivity index (χ3n) is 2.67. The first-order valence-electron chi connectivity index (χ1n) is 5.37. The highest BCUT2D eigenvalue weighted by Gasteiger charge is 2.21. The van der Waals surface area contributed by atoms with Crippen molar-refractivity contribution in [2.75, 3.05) is 26.0 Å². The summed E-state index contributed by atoms with van der Waals surface area (Å²) in [5, 5.41) is 15.9. The zero-order chi connectivity index (χ0) is 12.4. The van der Waals surface area contributed by atoms with Crippen molar-refractivity contribution in [2.45, 2.75) is 13.0 Å². The number of carbonyl (C=O) groups excluding carboxylic acids is 1. The molecule has 6 heteroatoms. The Kier molecular flexibility index (Phi) is 3.31. The number of urea groups is 1. The van der Waals surface area contributed by atoms with Crippen molar-refractivity contribution in [2.24, 2.45) is 0 Å². The van der Waals surface area contributed by atoms with Gasteiger partial charge >= 0.3 is 6.03 Å². The van der Waals surface area contributed by atoms with Gasteiger partial charge in [0.25, 0.3) is 0 Å². The Hall–Kier alpha value is -1.58. The van der Waals surface area contributed by atoms with Crippen molar-refractivity contribution in [1.82, 2.24) is 10.2 Å². The van der Waals surface area contributed by atoms with Crippen LogP contribution in [0.15, 0.2) is 0 Å². The summed E-state index contributed by atoms with van der Waals surface area (Å²) in [5.74, 6) is 0. The molecule has 1 aliphatic heterocycles. The van der Waals surface area contributed by atoms with E-state index in [-0.39, 0.29) is 6.03 Å². The molecule has 0 spiro atoms. The predicted octanol–water partition coefficient (Wildman–Crippen LogP) is 1.36. The topological polar surface area (TPSA) is 68.2 Å². The fraction of sp³-hybridized carbons (Fsp3) is 0.455. The van der Waals surface area contributed by atoms with Crippen LogP contribution < -0.4 is 10.6 Å². The number of thiophene rings is 1. The van der Waals surface area contributed by atoms with E-state index in [1.165, 1.54) is 16.2 Å². The molecule has 5 nitrogen and oxygen atoms in total. The van der Waals surface area contributed by atoms with Gasteiger partial charge < -0.3 is 10.2 Å². The van der Waals surface area contributed by atoms with E-state index in [9.17, 15) is 10.1 Å². The van der Waals surface area contributed by atoms with Crippen molar-refractivity contribution < 1.29 is 4.79 Å². The fourth-order valence-electron chi connectivity index (χ4n) is 1.75. The maximum atomic E-state index is 11.6. The van der Waals surface area contributed by atoms with Gasteiger partial charge in [0.1, 0.15) is 11.1 Å². The van der Waals surface area contributed by atoms with Gasteiger partial charge in [-0.1, -0.05) is 0 Å². The number of nitrogens with one attached hydrogen (secondary N) is 2. The first kappa shape index (κ1) is 11.9. The van der Waals surface area contributed by atoms with Crippen molar-refractivity contribution in [3.05, 3.63) is 16.0 Å². The summed E-state index contributed by atoms with van der Waals surface area (Å²) in [6.07, 6.45) is 0.854. The second kappa shape index (κ2) is 4.73. The number of anilines is 1. The second-order valence-corrected chi connectivity index (χ2v) is 5.18. The Labute approximate surface area is 104 Å². The molecule has 2 heterocycles. The molecular weight excluding hydrogens is 236 g/mol. The number of hydrogen-bond acceptors (Lipinski definition) is 4. The summed E-state index contributed by atoms with van der Waals surface area (Å²) >= 11 is 1.49. The van der Waals surface area contributed by atoms with Crippen molar-refractivity contribution in [1.29, 1.82) is 5.26 Å². The molecule has 0 saturated heterocycles. The minimum absolute atomic E-state index is 0.201. The van der Waals surface area contributed by atoms with Gasteiger partial charge in [0, 0.05) is 25.5 Å². The molecule has 0 bridgehead atoms. The van der Waals surface area contributed by atoms with Crippen LogP contribution in [0, 0.1) is 11.3 Å². The number of hydrogen-bond donors (Lipinski definition) is 2. The molecule has 90 valence electrons. The highest BCUT2D eigenvalue weighted by Crippen LogP contribution is 2.34. The van der Waals surface area contributed by atoms with E-state index >= 15 is 0 Å². The lowest BCUT2D eigenvalue weighted by molar-refractivity contribution is 0.231. The van der Waals surface area contributed by atoms with Gasteiger partial charge in [0.05, 0.1) is 5.56 Å². The molecule has 0 aliphatic carbocycles. The van der Waals surface area contributed by atoms with E-state index in [4.69, 9.17) is 0 Å². The van der Waals surface area contributed by atoms with Crippen LogP contribution in [0.5, 0.6) is 0 Å². The molecule has 2 N–H and O–H groups in total. The zero-order valence-electron chi connectivity index (χ0n) is 9.83. The number of amides is 2. The lowest BCUT2D eigenvalue weighted by Gasteiger charge is -2.12. The molecule has 1 aliphatic rings. The molecule has 1 aromatic heterocycles. The average molecular weight is 250 g/mol. The summed E-state index contributed by atoms with van der Waals surface area (Å²) in [5.41, 5.74) is 1.71. The van der Waals surface area contributed by atoms with Crippen LogP contribution in [0.1, 0.15) is 16.0 Å². The smallest absolute Gasteiger partial charge is 0.321 e. The number of rotatable bonds is 1. The summed E-state index contributed by atoms with van der Waals surface area (Å²) in [4.78, 5) is 14.2. The normalized spacial score (nSPS) is 13.7. The second-order valence-electron chi connectivity index (χ2n) is 4.07. The van der Waals surface area contributed by atoms with Crippen molar-refractivity contribution >= 4 is 22.4 Å². The van der Waals surface area contributed by atoms with Gasteiger partial charge in [-0.25, -0.2) is 4.79 Å². The largest absolute Gasteiger partial charge is 0.331 e. The molecular formula is C11H14N4OS. The molecule has 0 unspecified atom stereocenters. The van der Waals surface area contributed by atoms with Crippen LogP contribution in [0.2, 0.25) is 0 Å². The Morgan fingerprint density at radius 3 is 3.00 bits per heavy atom. The van der Waals surface area contributed by atoms with Crippen molar-refractivity contribution in [3.63, 3.8) is 0 Å². The van der Waals surface area contributed by atoms with Crippen LogP contribution >= 0.6 is 11.3 Å². The van der Waals surface area contributed by atoms with Gasteiger partial charge in [0.15, 0.2) is 0 Å². The van der Waals surface area contributed by atoms with E-state index < -0.39 is 0 Å². The quantitative estimate of drug-likeness (QED) is 0.790. The van der Waals surface area contributed by atoms with E-state index in [0.29, 0.717) is 10.6 Å². The monoisotopic (exact) mass is 250 g/mol. The van der Waals surface area contributed by atoms with Crippen molar-refractivity contribution in [3.8, 4) is 6.07 Å². The summed E-state index contributed by atoms with van der Waals surface area (Å²) in [6, 6.07) is 2.00. The molecule has 0 radical (unpaired) electrons. The third-order valence-corrected chi connectivity index (χ3v) is 3.81.